The highest BCUT2D eigenvalue weighted by atomic mass is 16.2. The summed E-state index contributed by atoms with van der Waals surface area (Å²) in [5.74, 6) is 0.805. The van der Waals surface area contributed by atoms with E-state index in [0.29, 0.717) is 25.1 Å². The van der Waals surface area contributed by atoms with E-state index in [2.05, 4.69) is 27.4 Å². The Kier molecular flexibility index (Phi) is 6.67. The van der Waals surface area contributed by atoms with Crippen molar-refractivity contribution in [3.63, 3.8) is 0 Å². The Morgan fingerprint density at radius 2 is 1.87 bits per heavy atom. The number of hydrogen-bond donors (Lipinski definition) is 1. The lowest BCUT2D eigenvalue weighted by molar-refractivity contribution is 0.0933. The first kappa shape index (κ1) is 20.8. The quantitative estimate of drug-likeness (QED) is 0.793. The third-order valence-corrected chi connectivity index (χ3v) is 6.26. The summed E-state index contributed by atoms with van der Waals surface area (Å²) in [5, 5.41) is 7.64. The van der Waals surface area contributed by atoms with Crippen LogP contribution < -0.4 is 11.0 Å². The molecule has 1 aromatic heterocycles. The molecule has 1 aromatic carbocycles. The summed E-state index contributed by atoms with van der Waals surface area (Å²) in [7, 11) is 0. The number of hydrogen-bond acceptors (Lipinski definition) is 4. The summed E-state index contributed by atoms with van der Waals surface area (Å²) in [6, 6.07) is 8.07. The van der Waals surface area contributed by atoms with Gasteiger partial charge in [-0.05, 0) is 62.9 Å². The first-order chi connectivity index (χ1) is 14.6. The molecule has 1 atom stereocenters. The molecule has 30 heavy (non-hydrogen) atoms. The van der Waals surface area contributed by atoms with Gasteiger partial charge in [-0.2, -0.15) is 5.10 Å². The van der Waals surface area contributed by atoms with E-state index in [-0.39, 0.29) is 17.6 Å². The summed E-state index contributed by atoms with van der Waals surface area (Å²) in [5.41, 5.74) is 1.93. The fraction of sp³-hybridized carbons (Fsp3) is 0.609. The van der Waals surface area contributed by atoms with E-state index >= 15 is 0 Å². The van der Waals surface area contributed by atoms with Gasteiger partial charge in [-0.25, -0.2) is 9.48 Å². The van der Waals surface area contributed by atoms with Gasteiger partial charge in [0.15, 0.2) is 0 Å². The lowest BCUT2D eigenvalue weighted by Crippen LogP contribution is -2.35. The molecule has 2 aliphatic heterocycles. The van der Waals surface area contributed by atoms with Crippen molar-refractivity contribution in [3.8, 4) is 0 Å². The maximum absolute atomic E-state index is 12.7. The van der Waals surface area contributed by atoms with Gasteiger partial charge in [0, 0.05) is 37.7 Å². The van der Waals surface area contributed by atoms with Crippen LogP contribution >= 0.6 is 0 Å². The number of nitrogens with one attached hydrogen (secondary N) is 1. The highest BCUT2D eigenvalue weighted by Gasteiger charge is 2.22. The third kappa shape index (κ3) is 4.83. The van der Waals surface area contributed by atoms with E-state index in [4.69, 9.17) is 0 Å². The van der Waals surface area contributed by atoms with Crippen molar-refractivity contribution >= 4 is 5.91 Å². The van der Waals surface area contributed by atoms with Crippen molar-refractivity contribution in [1.82, 2.24) is 24.6 Å². The van der Waals surface area contributed by atoms with Crippen molar-refractivity contribution < 1.29 is 4.79 Å². The van der Waals surface area contributed by atoms with Crippen LogP contribution in [0.15, 0.2) is 29.1 Å². The first-order valence-corrected chi connectivity index (χ1v) is 11.4. The zero-order chi connectivity index (χ0) is 20.9. The standard InChI is InChI=1S/C23H33N5O2/c1-2-13-28-23(30)27-16-12-20(10-11-21(27)25-28)24-22(29)19-8-6-18(7-9-19)17-26-14-4-3-5-15-26/h6-9,20H,2-5,10-17H2,1H3,(H,24,29). The maximum atomic E-state index is 12.7. The van der Waals surface area contributed by atoms with Crippen LogP contribution in [-0.2, 0) is 26.1 Å². The van der Waals surface area contributed by atoms with Crippen LogP contribution in [0.1, 0.15) is 67.2 Å². The van der Waals surface area contributed by atoms with Gasteiger partial charge in [0.1, 0.15) is 5.82 Å². The lowest BCUT2D eigenvalue weighted by atomic mass is 10.1. The smallest absolute Gasteiger partial charge is 0.345 e. The van der Waals surface area contributed by atoms with Crippen LogP contribution in [0, 0.1) is 0 Å². The number of nitrogens with zero attached hydrogens (tertiary/aromatic N) is 4. The summed E-state index contributed by atoms with van der Waals surface area (Å²) in [6.07, 6.45) is 7.08. The molecule has 2 aliphatic rings. The maximum Gasteiger partial charge on any atom is 0.345 e. The molecule has 1 N–H and O–H groups in total. The SMILES string of the molecule is CCCn1nc2n(c1=O)CCC(NC(=O)c1ccc(CN3CCCCC3)cc1)CC2. The van der Waals surface area contributed by atoms with Crippen LogP contribution in [0.5, 0.6) is 0 Å². The second-order valence-corrected chi connectivity index (χ2v) is 8.61. The minimum atomic E-state index is -0.0348. The average molecular weight is 412 g/mol. The molecule has 3 heterocycles. The number of aryl methyl sites for hydroxylation is 2. The van der Waals surface area contributed by atoms with Crippen molar-refractivity contribution in [2.75, 3.05) is 13.1 Å². The fourth-order valence-electron chi connectivity index (χ4n) is 4.54. The van der Waals surface area contributed by atoms with Crippen molar-refractivity contribution in [2.45, 2.75) is 77.5 Å². The van der Waals surface area contributed by atoms with Gasteiger partial charge < -0.3 is 5.32 Å². The molecule has 162 valence electrons. The largest absolute Gasteiger partial charge is 0.349 e. The lowest BCUT2D eigenvalue weighted by Gasteiger charge is -2.26. The molecule has 0 radical (unpaired) electrons. The fourth-order valence-corrected chi connectivity index (χ4v) is 4.54. The average Bonchev–Trinajstić information content (AvgIpc) is 2.92. The number of carbonyl (C=O) groups is 1. The zero-order valence-corrected chi connectivity index (χ0v) is 18.0. The van der Waals surface area contributed by atoms with Gasteiger partial charge in [0.2, 0.25) is 0 Å². The Morgan fingerprint density at radius 1 is 1.10 bits per heavy atom. The third-order valence-electron chi connectivity index (χ3n) is 6.26. The van der Waals surface area contributed by atoms with Gasteiger partial charge in [0.05, 0.1) is 0 Å². The van der Waals surface area contributed by atoms with Crippen LogP contribution in [0.3, 0.4) is 0 Å². The first-order valence-electron chi connectivity index (χ1n) is 11.4. The molecular weight excluding hydrogens is 378 g/mol. The number of likely N-dealkylation sites (tertiary alicyclic amines) is 1. The summed E-state index contributed by atoms with van der Waals surface area (Å²) < 4.78 is 3.34. The number of piperidine rings is 1. The predicted octanol–water partition coefficient (Wildman–Crippen LogP) is 2.58. The monoisotopic (exact) mass is 411 g/mol. The van der Waals surface area contributed by atoms with E-state index in [1.165, 1.54) is 37.9 Å². The predicted molar refractivity (Wildman–Crippen MR) is 117 cm³/mol. The molecule has 1 amide bonds. The normalized spacial score (nSPS) is 19.8. The molecule has 0 saturated carbocycles. The molecule has 4 rings (SSSR count). The Balaban J connectivity index is 1.32. The summed E-state index contributed by atoms with van der Waals surface area (Å²) in [6.45, 7) is 6.62. The van der Waals surface area contributed by atoms with Gasteiger partial charge in [-0.15, -0.1) is 0 Å². The number of fused-ring (bicyclic) bond motifs is 1. The Labute approximate surface area is 178 Å². The molecule has 1 fully saturated rings. The van der Waals surface area contributed by atoms with E-state index < -0.39 is 0 Å². The molecule has 0 bridgehead atoms. The summed E-state index contributed by atoms with van der Waals surface area (Å²) >= 11 is 0. The second kappa shape index (κ2) is 9.60. The van der Waals surface area contributed by atoms with E-state index in [1.807, 2.05) is 19.1 Å². The van der Waals surface area contributed by atoms with Gasteiger partial charge in [-0.1, -0.05) is 25.5 Å². The number of carbonyl (C=O) groups excluding carboxylic acids is 1. The Hall–Kier alpha value is -2.41. The van der Waals surface area contributed by atoms with E-state index in [0.717, 1.165) is 31.6 Å². The Morgan fingerprint density at radius 3 is 2.60 bits per heavy atom. The molecule has 7 heteroatoms. The Bertz CT molecular complexity index is 909. The number of rotatable bonds is 6. The topological polar surface area (TPSA) is 72.2 Å². The highest BCUT2D eigenvalue weighted by molar-refractivity contribution is 5.94. The highest BCUT2D eigenvalue weighted by Crippen LogP contribution is 2.15. The molecule has 1 unspecified atom stereocenters. The number of amides is 1. The molecule has 0 aliphatic carbocycles. The number of benzene rings is 1. The van der Waals surface area contributed by atoms with Crippen molar-refractivity contribution in [2.24, 2.45) is 0 Å². The molecule has 7 nitrogen and oxygen atoms in total. The van der Waals surface area contributed by atoms with Gasteiger partial charge in [0.25, 0.3) is 5.91 Å². The van der Waals surface area contributed by atoms with E-state index in [9.17, 15) is 9.59 Å². The molecule has 1 saturated heterocycles. The zero-order valence-electron chi connectivity index (χ0n) is 18.0. The summed E-state index contributed by atoms with van der Waals surface area (Å²) in [4.78, 5) is 27.7. The molecule has 2 aromatic rings. The minimum absolute atomic E-state index is 0.0249. The minimum Gasteiger partial charge on any atom is -0.349 e. The van der Waals surface area contributed by atoms with Crippen molar-refractivity contribution in [1.29, 1.82) is 0 Å². The second-order valence-electron chi connectivity index (χ2n) is 8.61. The molecular formula is C23H33N5O2. The van der Waals surface area contributed by atoms with Crippen LogP contribution in [-0.4, -0.2) is 44.3 Å². The van der Waals surface area contributed by atoms with Crippen LogP contribution in [0.25, 0.3) is 0 Å². The van der Waals surface area contributed by atoms with Crippen LogP contribution in [0.4, 0.5) is 0 Å². The van der Waals surface area contributed by atoms with Crippen molar-refractivity contribution in [3.05, 3.63) is 51.7 Å². The molecule has 0 spiro atoms. The van der Waals surface area contributed by atoms with E-state index in [1.54, 1.807) is 9.25 Å². The number of aromatic nitrogens is 3. The van der Waals surface area contributed by atoms with Crippen LogP contribution in [0.2, 0.25) is 0 Å². The van der Waals surface area contributed by atoms with Gasteiger partial charge in [-0.3, -0.25) is 14.3 Å². The van der Waals surface area contributed by atoms with Gasteiger partial charge >= 0.3 is 5.69 Å².